The molecule has 1 aliphatic heterocycles. The van der Waals surface area contributed by atoms with Gasteiger partial charge in [-0.1, -0.05) is 6.42 Å². The molecule has 0 bridgehead atoms. The molecule has 0 aromatic rings. The average Bonchev–Trinajstić information content (AvgIpc) is 2.35. The molecular formula is C12H26N2O. The van der Waals surface area contributed by atoms with Gasteiger partial charge >= 0.3 is 0 Å². The van der Waals surface area contributed by atoms with Crippen LogP contribution in [0.3, 0.4) is 0 Å². The van der Waals surface area contributed by atoms with Gasteiger partial charge in [-0.2, -0.15) is 0 Å². The molecule has 1 aliphatic rings. The van der Waals surface area contributed by atoms with Crippen LogP contribution in [0, 0.1) is 0 Å². The van der Waals surface area contributed by atoms with Crippen LogP contribution in [0.4, 0.5) is 0 Å². The summed E-state index contributed by atoms with van der Waals surface area (Å²) in [6, 6.07) is 0. The zero-order valence-electron chi connectivity index (χ0n) is 10.0. The second-order valence-electron chi connectivity index (χ2n) is 5.04. The highest BCUT2D eigenvalue weighted by atomic mass is 16.3. The van der Waals surface area contributed by atoms with Crippen LogP contribution in [0.25, 0.3) is 0 Å². The van der Waals surface area contributed by atoms with E-state index in [2.05, 4.69) is 4.90 Å². The minimum Gasteiger partial charge on any atom is -0.390 e. The van der Waals surface area contributed by atoms with Gasteiger partial charge in [0.1, 0.15) is 0 Å². The van der Waals surface area contributed by atoms with Crippen molar-refractivity contribution < 1.29 is 5.11 Å². The first kappa shape index (κ1) is 12.9. The standard InChI is InChI=1S/C12H26N2O/c1-12(15)6-5-10-14(11-7-12)9-4-2-3-8-13/h15H,2-11,13H2,1H3. The third kappa shape index (κ3) is 5.50. The van der Waals surface area contributed by atoms with E-state index in [0.717, 1.165) is 45.3 Å². The van der Waals surface area contributed by atoms with Crippen molar-refractivity contribution in [1.29, 1.82) is 0 Å². The van der Waals surface area contributed by atoms with Crippen molar-refractivity contribution in [3.63, 3.8) is 0 Å². The van der Waals surface area contributed by atoms with Gasteiger partial charge in [-0.05, 0) is 58.7 Å². The fourth-order valence-corrected chi connectivity index (χ4v) is 2.20. The lowest BCUT2D eigenvalue weighted by Crippen LogP contribution is -2.29. The SMILES string of the molecule is CC1(O)CCCN(CCCCCN)CC1. The van der Waals surface area contributed by atoms with Crippen LogP contribution in [0.2, 0.25) is 0 Å². The molecule has 0 spiro atoms. The van der Waals surface area contributed by atoms with Crippen molar-refractivity contribution in [2.45, 2.75) is 51.0 Å². The van der Waals surface area contributed by atoms with E-state index < -0.39 is 5.60 Å². The number of hydrogen-bond acceptors (Lipinski definition) is 3. The van der Waals surface area contributed by atoms with Gasteiger partial charge in [-0.25, -0.2) is 0 Å². The van der Waals surface area contributed by atoms with E-state index in [-0.39, 0.29) is 0 Å². The second-order valence-corrected chi connectivity index (χ2v) is 5.04. The van der Waals surface area contributed by atoms with Gasteiger partial charge in [0.05, 0.1) is 5.60 Å². The molecule has 0 saturated carbocycles. The van der Waals surface area contributed by atoms with Gasteiger partial charge in [0.15, 0.2) is 0 Å². The molecular weight excluding hydrogens is 188 g/mol. The Morgan fingerprint density at radius 3 is 2.73 bits per heavy atom. The maximum atomic E-state index is 9.94. The number of rotatable bonds is 5. The fraction of sp³-hybridized carbons (Fsp3) is 1.00. The summed E-state index contributed by atoms with van der Waals surface area (Å²) in [5.41, 5.74) is 5.04. The maximum Gasteiger partial charge on any atom is 0.0632 e. The highest BCUT2D eigenvalue weighted by molar-refractivity contribution is 4.78. The highest BCUT2D eigenvalue weighted by Crippen LogP contribution is 2.21. The number of unbranched alkanes of at least 4 members (excludes halogenated alkanes) is 2. The molecule has 1 fully saturated rings. The Morgan fingerprint density at radius 1 is 1.20 bits per heavy atom. The minimum atomic E-state index is -0.425. The third-order valence-electron chi connectivity index (χ3n) is 3.33. The predicted octanol–water partition coefficient (Wildman–Crippen LogP) is 1.35. The fourth-order valence-electron chi connectivity index (χ4n) is 2.20. The normalized spacial score (nSPS) is 29.0. The minimum absolute atomic E-state index is 0.425. The van der Waals surface area contributed by atoms with E-state index in [1.54, 1.807) is 0 Å². The summed E-state index contributed by atoms with van der Waals surface area (Å²) >= 11 is 0. The third-order valence-corrected chi connectivity index (χ3v) is 3.33. The Balaban J connectivity index is 2.14. The molecule has 1 unspecified atom stereocenters. The van der Waals surface area contributed by atoms with Crippen molar-refractivity contribution in [2.75, 3.05) is 26.2 Å². The van der Waals surface area contributed by atoms with Gasteiger partial charge in [0.25, 0.3) is 0 Å². The summed E-state index contributed by atoms with van der Waals surface area (Å²) in [7, 11) is 0. The molecule has 15 heavy (non-hydrogen) atoms. The number of nitrogens with two attached hydrogens (primary N) is 1. The Labute approximate surface area is 93.6 Å². The summed E-state index contributed by atoms with van der Waals surface area (Å²) in [5, 5.41) is 9.94. The molecule has 1 rings (SSSR count). The molecule has 0 aromatic carbocycles. The maximum absolute atomic E-state index is 9.94. The number of aliphatic hydroxyl groups is 1. The lowest BCUT2D eigenvalue weighted by Gasteiger charge is -2.22. The van der Waals surface area contributed by atoms with E-state index in [4.69, 9.17) is 5.73 Å². The van der Waals surface area contributed by atoms with Crippen LogP contribution in [-0.2, 0) is 0 Å². The van der Waals surface area contributed by atoms with E-state index in [9.17, 15) is 5.11 Å². The zero-order valence-corrected chi connectivity index (χ0v) is 10.0. The molecule has 0 aromatic heterocycles. The molecule has 1 saturated heterocycles. The molecule has 90 valence electrons. The Kier molecular flexibility index (Phi) is 5.58. The van der Waals surface area contributed by atoms with Crippen LogP contribution < -0.4 is 5.73 Å². The largest absolute Gasteiger partial charge is 0.390 e. The van der Waals surface area contributed by atoms with Crippen LogP contribution in [0.15, 0.2) is 0 Å². The highest BCUT2D eigenvalue weighted by Gasteiger charge is 2.24. The quantitative estimate of drug-likeness (QED) is 0.679. The van der Waals surface area contributed by atoms with Crippen molar-refractivity contribution in [1.82, 2.24) is 4.90 Å². The van der Waals surface area contributed by atoms with Crippen molar-refractivity contribution >= 4 is 0 Å². The van der Waals surface area contributed by atoms with Crippen molar-refractivity contribution in [3.05, 3.63) is 0 Å². The van der Waals surface area contributed by atoms with E-state index in [0.29, 0.717) is 0 Å². The van der Waals surface area contributed by atoms with E-state index in [1.165, 1.54) is 19.4 Å². The first-order valence-corrected chi connectivity index (χ1v) is 6.29. The van der Waals surface area contributed by atoms with Crippen molar-refractivity contribution in [3.8, 4) is 0 Å². The van der Waals surface area contributed by atoms with Crippen LogP contribution >= 0.6 is 0 Å². The second kappa shape index (κ2) is 6.46. The Hall–Kier alpha value is -0.120. The van der Waals surface area contributed by atoms with Crippen molar-refractivity contribution in [2.24, 2.45) is 5.73 Å². The smallest absolute Gasteiger partial charge is 0.0632 e. The molecule has 1 atom stereocenters. The van der Waals surface area contributed by atoms with Gasteiger partial charge in [-0.3, -0.25) is 0 Å². The summed E-state index contributed by atoms with van der Waals surface area (Å²) in [6.45, 7) is 6.16. The van der Waals surface area contributed by atoms with Crippen LogP contribution in [0.1, 0.15) is 45.4 Å². The van der Waals surface area contributed by atoms with Gasteiger partial charge in [-0.15, -0.1) is 0 Å². The molecule has 0 radical (unpaired) electrons. The zero-order chi connectivity index (χ0) is 11.1. The molecule has 0 amide bonds. The van der Waals surface area contributed by atoms with E-state index >= 15 is 0 Å². The number of likely N-dealkylation sites (tertiary alicyclic amines) is 1. The molecule has 3 N–H and O–H groups in total. The summed E-state index contributed by atoms with van der Waals surface area (Å²) in [4.78, 5) is 2.48. The van der Waals surface area contributed by atoms with Gasteiger partial charge < -0.3 is 15.7 Å². The molecule has 3 nitrogen and oxygen atoms in total. The number of hydrogen-bond donors (Lipinski definition) is 2. The summed E-state index contributed by atoms with van der Waals surface area (Å²) in [6.07, 6.45) is 6.63. The van der Waals surface area contributed by atoms with Crippen LogP contribution in [0.5, 0.6) is 0 Å². The van der Waals surface area contributed by atoms with E-state index in [1.807, 2.05) is 6.92 Å². The Morgan fingerprint density at radius 2 is 2.00 bits per heavy atom. The Bertz CT molecular complexity index is 171. The van der Waals surface area contributed by atoms with Crippen LogP contribution in [-0.4, -0.2) is 41.8 Å². The van der Waals surface area contributed by atoms with Gasteiger partial charge in [0, 0.05) is 6.54 Å². The summed E-state index contributed by atoms with van der Waals surface area (Å²) in [5.74, 6) is 0. The average molecular weight is 214 g/mol. The topological polar surface area (TPSA) is 49.5 Å². The lowest BCUT2D eigenvalue weighted by atomic mass is 9.98. The monoisotopic (exact) mass is 214 g/mol. The molecule has 1 heterocycles. The number of nitrogens with zero attached hydrogens (tertiary/aromatic N) is 1. The molecule has 3 heteroatoms. The summed E-state index contributed by atoms with van der Waals surface area (Å²) < 4.78 is 0. The first-order valence-electron chi connectivity index (χ1n) is 6.29. The first-order chi connectivity index (χ1) is 7.14. The lowest BCUT2D eigenvalue weighted by molar-refractivity contribution is 0.0446. The molecule has 0 aliphatic carbocycles. The van der Waals surface area contributed by atoms with Gasteiger partial charge in [0.2, 0.25) is 0 Å². The predicted molar refractivity (Wildman–Crippen MR) is 63.8 cm³/mol.